The summed E-state index contributed by atoms with van der Waals surface area (Å²) in [4.78, 5) is 26.6. The lowest BCUT2D eigenvalue weighted by Gasteiger charge is -2.28. The van der Waals surface area contributed by atoms with E-state index in [2.05, 4.69) is 29.6 Å². The second kappa shape index (κ2) is 9.85. The monoisotopic (exact) mass is 402 g/mol. The molecular formula is C25H26N2O3. The molecule has 3 rings (SSSR count). The number of hydrogen-bond acceptors (Lipinski definition) is 4. The predicted octanol–water partition coefficient (Wildman–Crippen LogP) is 4.44. The van der Waals surface area contributed by atoms with Crippen LogP contribution in [0.4, 0.5) is 5.69 Å². The molecule has 3 aromatic rings. The Balaban J connectivity index is 1.79. The molecule has 0 fully saturated rings. The summed E-state index contributed by atoms with van der Waals surface area (Å²) in [5.41, 5.74) is 4.11. The first-order valence-electron chi connectivity index (χ1n) is 9.78. The molecule has 0 aliphatic carbocycles. The average Bonchev–Trinajstić information content (AvgIpc) is 2.76. The molecule has 3 aromatic carbocycles. The van der Waals surface area contributed by atoms with Crippen LogP contribution in [-0.2, 0) is 9.53 Å². The largest absolute Gasteiger partial charge is 0.465 e. The highest BCUT2D eigenvalue weighted by atomic mass is 16.5. The van der Waals surface area contributed by atoms with Gasteiger partial charge in [-0.1, -0.05) is 66.7 Å². The molecular weight excluding hydrogens is 376 g/mol. The van der Waals surface area contributed by atoms with E-state index in [4.69, 9.17) is 4.74 Å². The average molecular weight is 402 g/mol. The molecule has 0 aromatic heterocycles. The summed E-state index contributed by atoms with van der Waals surface area (Å²) >= 11 is 0. The summed E-state index contributed by atoms with van der Waals surface area (Å²) in [5, 5.41) is 2.93. The van der Waals surface area contributed by atoms with E-state index in [-0.39, 0.29) is 18.5 Å². The van der Waals surface area contributed by atoms with Gasteiger partial charge in [0.15, 0.2) is 0 Å². The van der Waals surface area contributed by atoms with E-state index in [0.717, 1.165) is 16.7 Å². The van der Waals surface area contributed by atoms with Gasteiger partial charge in [-0.15, -0.1) is 0 Å². The molecule has 1 N–H and O–H groups in total. The lowest BCUT2D eigenvalue weighted by Crippen LogP contribution is -2.34. The van der Waals surface area contributed by atoms with Crippen LogP contribution in [0.15, 0.2) is 78.9 Å². The Hall–Kier alpha value is -3.44. The van der Waals surface area contributed by atoms with Crippen LogP contribution in [0.3, 0.4) is 0 Å². The smallest absolute Gasteiger partial charge is 0.337 e. The fourth-order valence-corrected chi connectivity index (χ4v) is 3.48. The number of rotatable bonds is 7. The van der Waals surface area contributed by atoms with Crippen molar-refractivity contribution in [2.24, 2.45) is 0 Å². The number of likely N-dealkylation sites (N-methyl/N-ethyl adjacent to an activating group) is 1. The van der Waals surface area contributed by atoms with Gasteiger partial charge in [-0.3, -0.25) is 9.69 Å². The van der Waals surface area contributed by atoms with E-state index in [1.807, 2.05) is 55.3 Å². The van der Waals surface area contributed by atoms with Crippen LogP contribution in [-0.4, -0.2) is 37.5 Å². The van der Waals surface area contributed by atoms with Crippen molar-refractivity contribution in [2.75, 3.05) is 26.0 Å². The quantitative estimate of drug-likeness (QED) is 0.594. The molecule has 30 heavy (non-hydrogen) atoms. The zero-order valence-electron chi connectivity index (χ0n) is 17.5. The summed E-state index contributed by atoms with van der Waals surface area (Å²) in [5.74, 6) is -0.588. The van der Waals surface area contributed by atoms with Gasteiger partial charge in [-0.2, -0.15) is 0 Å². The van der Waals surface area contributed by atoms with Crippen molar-refractivity contribution >= 4 is 17.6 Å². The minimum Gasteiger partial charge on any atom is -0.465 e. The van der Waals surface area contributed by atoms with Crippen LogP contribution in [0.2, 0.25) is 0 Å². The van der Waals surface area contributed by atoms with E-state index in [0.29, 0.717) is 11.3 Å². The predicted molar refractivity (Wildman–Crippen MR) is 119 cm³/mol. The van der Waals surface area contributed by atoms with Crippen molar-refractivity contribution < 1.29 is 14.3 Å². The van der Waals surface area contributed by atoms with Gasteiger partial charge in [-0.05, 0) is 42.8 Å². The maximum Gasteiger partial charge on any atom is 0.337 e. The lowest BCUT2D eigenvalue weighted by atomic mass is 9.97. The minimum atomic E-state index is -0.434. The third-order valence-electron chi connectivity index (χ3n) is 5.00. The molecule has 0 saturated heterocycles. The highest BCUT2D eigenvalue weighted by Gasteiger charge is 2.21. The van der Waals surface area contributed by atoms with Crippen molar-refractivity contribution in [2.45, 2.75) is 13.0 Å². The molecule has 0 aliphatic heterocycles. The summed E-state index contributed by atoms with van der Waals surface area (Å²) in [7, 11) is 3.27. The summed E-state index contributed by atoms with van der Waals surface area (Å²) in [6.07, 6.45) is 0. The molecule has 0 aliphatic rings. The summed E-state index contributed by atoms with van der Waals surface area (Å²) < 4.78 is 4.77. The van der Waals surface area contributed by atoms with Gasteiger partial charge in [0.1, 0.15) is 0 Å². The van der Waals surface area contributed by atoms with Gasteiger partial charge in [0.05, 0.1) is 25.3 Å². The molecule has 0 atom stereocenters. The number of anilines is 1. The zero-order valence-corrected chi connectivity index (χ0v) is 17.5. The first-order valence-corrected chi connectivity index (χ1v) is 9.78. The number of nitrogens with one attached hydrogen (secondary N) is 1. The Kier molecular flexibility index (Phi) is 6.99. The number of carbonyl (C=O) groups is 2. The maximum atomic E-state index is 12.8. The van der Waals surface area contributed by atoms with E-state index < -0.39 is 5.97 Å². The van der Waals surface area contributed by atoms with Gasteiger partial charge in [-0.25, -0.2) is 4.79 Å². The molecule has 1 amide bonds. The summed E-state index contributed by atoms with van der Waals surface area (Å²) in [6.45, 7) is 2.08. The molecule has 5 heteroatoms. The third kappa shape index (κ3) is 5.13. The standard InChI is InChI=1S/C25H26N2O3/c1-18-14-15-21(25(29)30-3)16-22(18)26-23(28)17-27(2)24(19-10-6-4-7-11-19)20-12-8-5-9-13-20/h4-16,24H,17H2,1-3H3,(H,26,28). The number of hydrogen-bond donors (Lipinski definition) is 1. The molecule has 0 bridgehead atoms. The van der Waals surface area contributed by atoms with Crippen LogP contribution < -0.4 is 5.32 Å². The van der Waals surface area contributed by atoms with Gasteiger partial charge in [0, 0.05) is 5.69 Å². The van der Waals surface area contributed by atoms with Gasteiger partial charge in [0.2, 0.25) is 5.91 Å². The highest BCUT2D eigenvalue weighted by Crippen LogP contribution is 2.27. The third-order valence-corrected chi connectivity index (χ3v) is 5.00. The van der Waals surface area contributed by atoms with E-state index in [1.165, 1.54) is 7.11 Å². The molecule has 5 nitrogen and oxygen atoms in total. The SMILES string of the molecule is COC(=O)c1ccc(C)c(NC(=O)CN(C)C(c2ccccc2)c2ccccc2)c1. The maximum absolute atomic E-state index is 12.8. The Morgan fingerprint density at radius 2 is 1.50 bits per heavy atom. The first kappa shape index (κ1) is 21.3. The fourth-order valence-electron chi connectivity index (χ4n) is 3.48. The van der Waals surface area contributed by atoms with Crippen molar-refractivity contribution in [3.8, 4) is 0 Å². The summed E-state index contributed by atoms with van der Waals surface area (Å²) in [6, 6.07) is 25.3. The Bertz CT molecular complexity index is 964. The number of methoxy groups -OCH3 is 1. The number of benzene rings is 3. The van der Waals surface area contributed by atoms with Crippen LogP contribution in [0.1, 0.15) is 33.1 Å². The van der Waals surface area contributed by atoms with Crippen molar-refractivity contribution in [1.82, 2.24) is 4.90 Å². The number of amides is 1. The fraction of sp³-hybridized carbons (Fsp3) is 0.200. The Labute approximate surface area is 177 Å². The van der Waals surface area contributed by atoms with Crippen molar-refractivity contribution in [1.29, 1.82) is 0 Å². The Morgan fingerprint density at radius 1 is 0.933 bits per heavy atom. The highest BCUT2D eigenvalue weighted by molar-refractivity contribution is 5.96. The molecule has 0 spiro atoms. The van der Waals surface area contributed by atoms with Gasteiger partial charge >= 0.3 is 5.97 Å². The molecule has 0 radical (unpaired) electrons. The van der Waals surface area contributed by atoms with Crippen molar-refractivity contribution in [3.05, 3.63) is 101 Å². The number of nitrogens with zero attached hydrogens (tertiary/aromatic N) is 1. The van der Waals surface area contributed by atoms with E-state index in [1.54, 1.807) is 18.2 Å². The number of carbonyl (C=O) groups excluding carboxylic acids is 2. The van der Waals surface area contributed by atoms with Crippen LogP contribution in [0.5, 0.6) is 0 Å². The molecule has 0 unspecified atom stereocenters. The normalized spacial score (nSPS) is 10.8. The van der Waals surface area contributed by atoms with Crippen LogP contribution in [0, 0.1) is 6.92 Å². The topological polar surface area (TPSA) is 58.6 Å². The van der Waals surface area contributed by atoms with E-state index in [9.17, 15) is 9.59 Å². The first-order chi connectivity index (χ1) is 14.5. The number of aryl methyl sites for hydroxylation is 1. The van der Waals surface area contributed by atoms with Crippen molar-refractivity contribution in [3.63, 3.8) is 0 Å². The number of ether oxygens (including phenoxy) is 1. The lowest BCUT2D eigenvalue weighted by molar-refractivity contribution is -0.117. The Morgan fingerprint density at radius 3 is 2.03 bits per heavy atom. The van der Waals surface area contributed by atoms with Crippen LogP contribution in [0.25, 0.3) is 0 Å². The second-order valence-corrected chi connectivity index (χ2v) is 7.21. The zero-order chi connectivity index (χ0) is 21.5. The minimum absolute atomic E-state index is 0.0550. The molecule has 0 heterocycles. The second-order valence-electron chi connectivity index (χ2n) is 7.21. The van der Waals surface area contributed by atoms with Gasteiger partial charge < -0.3 is 10.1 Å². The number of esters is 1. The molecule has 0 saturated carbocycles. The van der Waals surface area contributed by atoms with E-state index >= 15 is 0 Å². The van der Waals surface area contributed by atoms with Gasteiger partial charge in [0.25, 0.3) is 0 Å². The van der Waals surface area contributed by atoms with Crippen LogP contribution >= 0.6 is 0 Å². The molecule has 154 valence electrons.